The zero-order valence-electron chi connectivity index (χ0n) is 13.5. The van der Waals surface area contributed by atoms with E-state index in [0.29, 0.717) is 17.7 Å². The molecule has 24 heavy (non-hydrogen) atoms. The van der Waals surface area contributed by atoms with Crippen LogP contribution in [0.5, 0.6) is 0 Å². The Morgan fingerprint density at radius 3 is 2.67 bits per heavy atom. The maximum absolute atomic E-state index is 12.0. The van der Waals surface area contributed by atoms with Crippen molar-refractivity contribution < 1.29 is 4.79 Å². The number of hydrogen-bond donors (Lipinski definition) is 1. The molecule has 0 saturated carbocycles. The van der Waals surface area contributed by atoms with Gasteiger partial charge in [0.25, 0.3) is 0 Å². The summed E-state index contributed by atoms with van der Waals surface area (Å²) in [6, 6.07) is 11.9. The Hall–Kier alpha value is -2.53. The second kappa shape index (κ2) is 7.36. The first-order valence-corrected chi connectivity index (χ1v) is 8.83. The van der Waals surface area contributed by atoms with Crippen molar-refractivity contribution in [3.05, 3.63) is 70.4 Å². The van der Waals surface area contributed by atoms with Gasteiger partial charge >= 0.3 is 0 Å². The molecule has 122 valence electrons. The van der Waals surface area contributed by atoms with E-state index in [1.54, 1.807) is 12.3 Å². The van der Waals surface area contributed by atoms with Crippen LogP contribution < -0.4 is 5.73 Å². The summed E-state index contributed by atoms with van der Waals surface area (Å²) in [5, 5.41) is 2.70. The highest BCUT2D eigenvalue weighted by molar-refractivity contribution is 7.13. The molecular weight excluding hydrogens is 318 g/mol. The van der Waals surface area contributed by atoms with E-state index in [-0.39, 0.29) is 0 Å². The molecule has 1 aromatic carbocycles. The number of amides is 1. The van der Waals surface area contributed by atoms with Crippen LogP contribution in [0.25, 0.3) is 10.7 Å². The van der Waals surface area contributed by atoms with Crippen LogP contribution in [0.3, 0.4) is 0 Å². The lowest BCUT2D eigenvalue weighted by Gasteiger charge is -2.14. The monoisotopic (exact) mass is 337 g/mol. The van der Waals surface area contributed by atoms with Crippen LogP contribution >= 0.6 is 11.3 Å². The number of carbonyl (C=O) groups excluding carboxylic acids is 1. The third-order valence-electron chi connectivity index (χ3n) is 3.84. The highest BCUT2D eigenvalue weighted by Crippen LogP contribution is 2.26. The first-order valence-electron chi connectivity index (χ1n) is 7.95. The van der Waals surface area contributed by atoms with Gasteiger partial charge in [0.15, 0.2) is 0 Å². The van der Waals surface area contributed by atoms with Gasteiger partial charge in [-0.15, -0.1) is 11.3 Å². The van der Waals surface area contributed by atoms with Crippen LogP contribution in [0.4, 0.5) is 0 Å². The van der Waals surface area contributed by atoms with Gasteiger partial charge in [-0.2, -0.15) is 0 Å². The maximum Gasteiger partial charge on any atom is 0.249 e. The van der Waals surface area contributed by atoms with Gasteiger partial charge in [0, 0.05) is 29.3 Å². The molecule has 0 atom stereocenters. The Balaban J connectivity index is 2.14. The number of nitrogens with zero attached hydrogens (tertiary/aromatic N) is 2. The van der Waals surface area contributed by atoms with Gasteiger partial charge in [-0.1, -0.05) is 43.7 Å². The lowest BCUT2D eigenvalue weighted by atomic mass is 9.96. The molecular formula is C19H19N3OS. The van der Waals surface area contributed by atoms with E-state index in [4.69, 9.17) is 10.7 Å². The fourth-order valence-electron chi connectivity index (χ4n) is 2.77. The minimum Gasteiger partial charge on any atom is -0.366 e. The number of thiazole rings is 1. The average Bonchev–Trinajstić information content (AvgIpc) is 3.11. The SMILES string of the molecule is CCCc1c(C(N)=O)cc(-c2nccs2)nc1Cc1ccccc1. The van der Waals surface area contributed by atoms with Crippen molar-refractivity contribution in [1.29, 1.82) is 0 Å². The summed E-state index contributed by atoms with van der Waals surface area (Å²) < 4.78 is 0. The Labute approximate surface area is 145 Å². The summed E-state index contributed by atoms with van der Waals surface area (Å²) in [5.74, 6) is -0.409. The van der Waals surface area contributed by atoms with Crippen LogP contribution in [-0.4, -0.2) is 15.9 Å². The first-order chi connectivity index (χ1) is 11.7. The minimum absolute atomic E-state index is 0.409. The topological polar surface area (TPSA) is 68.9 Å². The van der Waals surface area contributed by atoms with Crippen molar-refractivity contribution >= 4 is 17.2 Å². The molecule has 0 aliphatic rings. The number of rotatable bonds is 6. The van der Waals surface area contributed by atoms with Crippen LogP contribution in [-0.2, 0) is 12.8 Å². The molecule has 2 heterocycles. The Bertz CT molecular complexity index is 829. The zero-order chi connectivity index (χ0) is 16.9. The number of hydrogen-bond acceptors (Lipinski definition) is 4. The predicted molar refractivity (Wildman–Crippen MR) is 97.1 cm³/mol. The molecule has 1 amide bonds. The number of aromatic nitrogens is 2. The molecule has 2 N–H and O–H groups in total. The predicted octanol–water partition coefficient (Wildman–Crippen LogP) is 3.85. The minimum atomic E-state index is -0.409. The summed E-state index contributed by atoms with van der Waals surface area (Å²) in [6.45, 7) is 2.09. The number of carbonyl (C=O) groups is 1. The summed E-state index contributed by atoms with van der Waals surface area (Å²) in [6.07, 6.45) is 4.13. The van der Waals surface area contributed by atoms with Gasteiger partial charge in [0.1, 0.15) is 5.01 Å². The third-order valence-corrected chi connectivity index (χ3v) is 4.64. The van der Waals surface area contributed by atoms with E-state index in [1.165, 1.54) is 11.3 Å². The average molecular weight is 337 g/mol. The van der Waals surface area contributed by atoms with Crippen molar-refractivity contribution in [1.82, 2.24) is 9.97 Å². The lowest BCUT2D eigenvalue weighted by molar-refractivity contribution is 0.0999. The van der Waals surface area contributed by atoms with Crippen LogP contribution in [0.15, 0.2) is 48.0 Å². The van der Waals surface area contributed by atoms with Gasteiger partial charge in [-0.3, -0.25) is 4.79 Å². The smallest absolute Gasteiger partial charge is 0.249 e. The number of benzene rings is 1. The number of pyridine rings is 1. The highest BCUT2D eigenvalue weighted by Gasteiger charge is 2.17. The van der Waals surface area contributed by atoms with Crippen molar-refractivity contribution in [3.63, 3.8) is 0 Å². The Kier molecular flexibility index (Phi) is 5.01. The largest absolute Gasteiger partial charge is 0.366 e. The highest BCUT2D eigenvalue weighted by atomic mass is 32.1. The standard InChI is InChI=1S/C19H19N3OS/c1-2-6-14-15(18(20)23)12-17(19-21-9-10-24-19)22-16(14)11-13-7-4-3-5-8-13/h3-5,7-10,12H,2,6,11H2,1H3,(H2,20,23). The molecule has 3 aromatic rings. The van der Waals surface area contributed by atoms with E-state index in [2.05, 4.69) is 24.0 Å². The first kappa shape index (κ1) is 16.3. The van der Waals surface area contributed by atoms with Gasteiger partial charge in [-0.25, -0.2) is 9.97 Å². The van der Waals surface area contributed by atoms with Crippen molar-refractivity contribution in [2.24, 2.45) is 5.73 Å². The van der Waals surface area contributed by atoms with E-state index in [0.717, 1.165) is 34.7 Å². The van der Waals surface area contributed by atoms with E-state index in [9.17, 15) is 4.79 Å². The summed E-state index contributed by atoms with van der Waals surface area (Å²) in [5.41, 5.74) is 9.94. The molecule has 4 nitrogen and oxygen atoms in total. The molecule has 0 unspecified atom stereocenters. The molecule has 3 rings (SSSR count). The van der Waals surface area contributed by atoms with Gasteiger partial charge in [0.05, 0.1) is 5.69 Å². The van der Waals surface area contributed by atoms with Crippen molar-refractivity contribution in [2.75, 3.05) is 0 Å². The Morgan fingerprint density at radius 1 is 1.25 bits per heavy atom. The van der Waals surface area contributed by atoms with Crippen LogP contribution in [0, 0.1) is 0 Å². The molecule has 0 aliphatic heterocycles. The maximum atomic E-state index is 12.0. The molecule has 0 bridgehead atoms. The van der Waals surface area contributed by atoms with E-state index < -0.39 is 5.91 Å². The van der Waals surface area contributed by atoms with Gasteiger partial charge in [-0.05, 0) is 23.6 Å². The molecule has 0 fully saturated rings. The normalized spacial score (nSPS) is 10.7. The molecule has 0 saturated heterocycles. The third kappa shape index (κ3) is 3.51. The lowest BCUT2D eigenvalue weighted by Crippen LogP contribution is -2.17. The molecule has 2 aromatic heterocycles. The quantitative estimate of drug-likeness (QED) is 0.743. The van der Waals surface area contributed by atoms with Crippen molar-refractivity contribution in [3.8, 4) is 10.7 Å². The molecule has 5 heteroatoms. The van der Waals surface area contributed by atoms with Gasteiger partial charge in [0.2, 0.25) is 5.91 Å². The van der Waals surface area contributed by atoms with Crippen molar-refractivity contribution in [2.45, 2.75) is 26.2 Å². The van der Waals surface area contributed by atoms with E-state index in [1.807, 2.05) is 23.6 Å². The summed E-state index contributed by atoms with van der Waals surface area (Å²) >= 11 is 1.50. The second-order valence-corrected chi connectivity index (χ2v) is 6.49. The fraction of sp³-hybridized carbons (Fsp3) is 0.211. The van der Waals surface area contributed by atoms with Crippen LogP contribution in [0.1, 0.15) is 40.5 Å². The van der Waals surface area contributed by atoms with E-state index >= 15 is 0 Å². The van der Waals surface area contributed by atoms with Gasteiger partial charge < -0.3 is 5.73 Å². The summed E-state index contributed by atoms with van der Waals surface area (Å²) in [7, 11) is 0. The molecule has 0 spiro atoms. The number of nitrogens with two attached hydrogens (primary N) is 1. The fourth-order valence-corrected chi connectivity index (χ4v) is 3.37. The molecule has 0 aliphatic carbocycles. The number of primary amides is 1. The summed E-state index contributed by atoms with van der Waals surface area (Å²) in [4.78, 5) is 21.1. The Morgan fingerprint density at radius 2 is 2.04 bits per heavy atom. The second-order valence-electron chi connectivity index (χ2n) is 5.59. The molecule has 0 radical (unpaired) electrons. The van der Waals surface area contributed by atoms with Crippen LogP contribution in [0.2, 0.25) is 0 Å². The zero-order valence-corrected chi connectivity index (χ0v) is 14.3.